The van der Waals surface area contributed by atoms with Gasteiger partial charge in [-0.1, -0.05) is 36.4 Å². The molecule has 4 heteroatoms. The molecule has 0 saturated heterocycles. The van der Waals surface area contributed by atoms with Crippen LogP contribution in [0.3, 0.4) is 0 Å². The molecule has 1 atom stereocenters. The van der Waals surface area contributed by atoms with Crippen LogP contribution in [0.15, 0.2) is 54.6 Å². The minimum Gasteiger partial charge on any atom is -0.423 e. The first-order valence-corrected chi connectivity index (χ1v) is 5.87. The lowest BCUT2D eigenvalue weighted by molar-refractivity contribution is 0.0709. The van der Waals surface area contributed by atoms with E-state index in [2.05, 4.69) is 0 Å². The van der Waals surface area contributed by atoms with Crippen LogP contribution >= 0.6 is 0 Å². The van der Waals surface area contributed by atoms with E-state index in [4.69, 9.17) is 9.84 Å². The van der Waals surface area contributed by atoms with Gasteiger partial charge in [0, 0.05) is 0 Å². The molecule has 98 valence electrons. The van der Waals surface area contributed by atoms with Crippen molar-refractivity contribution < 1.29 is 19.7 Å². The fourth-order valence-electron chi connectivity index (χ4n) is 1.72. The minimum absolute atomic E-state index is 0.243. The van der Waals surface area contributed by atoms with Crippen LogP contribution in [0.1, 0.15) is 22.0 Å². The van der Waals surface area contributed by atoms with E-state index in [0.717, 1.165) is 0 Å². The lowest BCUT2D eigenvalue weighted by atomic mass is 10.0. The third-order valence-corrected chi connectivity index (χ3v) is 2.67. The summed E-state index contributed by atoms with van der Waals surface area (Å²) in [6.45, 7) is -0.449. The molecular weight excluding hydrogens is 244 g/mol. The van der Waals surface area contributed by atoms with Gasteiger partial charge in [-0.3, -0.25) is 0 Å². The Morgan fingerprint density at radius 1 is 1.05 bits per heavy atom. The lowest BCUT2D eigenvalue weighted by Gasteiger charge is -2.12. The summed E-state index contributed by atoms with van der Waals surface area (Å²) >= 11 is 0. The molecule has 0 aromatic heterocycles. The van der Waals surface area contributed by atoms with Gasteiger partial charge in [-0.25, -0.2) is 4.79 Å². The molecule has 2 aromatic rings. The van der Waals surface area contributed by atoms with Gasteiger partial charge in [-0.15, -0.1) is 0 Å². The summed E-state index contributed by atoms with van der Waals surface area (Å²) in [5.74, 6) is -0.130. The van der Waals surface area contributed by atoms with E-state index in [-0.39, 0.29) is 5.56 Å². The summed E-state index contributed by atoms with van der Waals surface area (Å²) in [5, 5.41) is 18.6. The van der Waals surface area contributed by atoms with E-state index in [1.165, 1.54) is 0 Å². The van der Waals surface area contributed by atoms with Crippen LogP contribution in [0.25, 0.3) is 0 Å². The van der Waals surface area contributed by atoms with Gasteiger partial charge in [-0.05, 0) is 23.8 Å². The number of para-hydroxylation sites is 1. The number of aliphatic hydroxyl groups excluding tert-OH is 2. The zero-order chi connectivity index (χ0) is 13.7. The van der Waals surface area contributed by atoms with E-state index in [9.17, 15) is 9.90 Å². The number of ether oxygens (including phenoxy) is 1. The summed E-state index contributed by atoms with van der Waals surface area (Å²) in [5.41, 5.74) is 0.596. The second-order valence-corrected chi connectivity index (χ2v) is 3.99. The van der Waals surface area contributed by atoms with E-state index >= 15 is 0 Å². The summed E-state index contributed by atoms with van der Waals surface area (Å²) < 4.78 is 5.20. The molecule has 0 aliphatic rings. The Hall–Kier alpha value is -2.17. The molecule has 4 nitrogen and oxygen atoms in total. The fourth-order valence-corrected chi connectivity index (χ4v) is 1.72. The van der Waals surface area contributed by atoms with Crippen molar-refractivity contribution in [3.63, 3.8) is 0 Å². The predicted octanol–water partition coefficient (Wildman–Crippen LogP) is 1.93. The van der Waals surface area contributed by atoms with Gasteiger partial charge in [0.2, 0.25) is 0 Å². The van der Waals surface area contributed by atoms with Crippen molar-refractivity contribution in [2.24, 2.45) is 0 Å². The molecule has 2 N–H and O–H groups in total. The smallest absolute Gasteiger partial charge is 0.343 e. The maximum Gasteiger partial charge on any atom is 0.343 e. The molecule has 2 aromatic carbocycles. The number of hydrogen-bond donors (Lipinski definition) is 2. The van der Waals surface area contributed by atoms with Crippen molar-refractivity contribution in [2.75, 3.05) is 6.61 Å². The molecule has 19 heavy (non-hydrogen) atoms. The molecule has 0 saturated carbocycles. The lowest BCUT2D eigenvalue weighted by Crippen LogP contribution is -2.14. The van der Waals surface area contributed by atoms with Crippen LogP contribution in [0.4, 0.5) is 0 Å². The number of carbonyl (C=O) groups excluding carboxylic acids is 1. The van der Waals surface area contributed by atoms with Crippen LogP contribution < -0.4 is 4.74 Å². The van der Waals surface area contributed by atoms with Gasteiger partial charge in [0.15, 0.2) is 0 Å². The molecule has 1 unspecified atom stereocenters. The van der Waals surface area contributed by atoms with Crippen molar-refractivity contribution >= 4 is 5.97 Å². The zero-order valence-corrected chi connectivity index (χ0v) is 10.2. The third kappa shape index (κ3) is 3.19. The summed E-state index contributed by atoms with van der Waals surface area (Å²) in [7, 11) is 0. The molecule has 0 heterocycles. The average Bonchev–Trinajstić information content (AvgIpc) is 2.47. The monoisotopic (exact) mass is 258 g/mol. The molecule has 0 radical (unpaired) electrons. The number of esters is 1. The molecule has 2 rings (SSSR count). The van der Waals surface area contributed by atoms with Gasteiger partial charge in [0.1, 0.15) is 11.9 Å². The molecule has 0 aliphatic heterocycles. The summed E-state index contributed by atoms with van der Waals surface area (Å²) in [6, 6.07) is 15.2. The van der Waals surface area contributed by atoms with Crippen molar-refractivity contribution in [3.05, 3.63) is 65.7 Å². The SMILES string of the molecule is O=C(Oc1ccccc1)c1ccccc1C(O)CO. The Labute approximate surface area is 110 Å². The van der Waals surface area contributed by atoms with E-state index in [1.54, 1.807) is 48.5 Å². The van der Waals surface area contributed by atoms with Crippen LogP contribution in [0.5, 0.6) is 5.75 Å². The highest BCUT2D eigenvalue weighted by molar-refractivity contribution is 5.92. The maximum absolute atomic E-state index is 12.0. The standard InChI is InChI=1S/C15H14O4/c16-10-14(17)12-8-4-5-9-13(12)15(18)19-11-6-2-1-3-7-11/h1-9,14,16-17H,10H2. The van der Waals surface area contributed by atoms with Gasteiger partial charge >= 0.3 is 5.97 Å². The number of carbonyl (C=O) groups is 1. The normalized spacial score (nSPS) is 11.9. The fraction of sp³-hybridized carbons (Fsp3) is 0.133. The third-order valence-electron chi connectivity index (χ3n) is 2.67. The molecule has 0 bridgehead atoms. The van der Waals surface area contributed by atoms with Crippen molar-refractivity contribution in [3.8, 4) is 5.75 Å². The first kappa shape index (κ1) is 13.3. The van der Waals surface area contributed by atoms with E-state index < -0.39 is 18.7 Å². The summed E-state index contributed by atoms with van der Waals surface area (Å²) in [6.07, 6.45) is -1.10. The topological polar surface area (TPSA) is 66.8 Å². The second kappa shape index (κ2) is 6.13. The highest BCUT2D eigenvalue weighted by Gasteiger charge is 2.17. The Balaban J connectivity index is 2.24. The van der Waals surface area contributed by atoms with Crippen LogP contribution in [0.2, 0.25) is 0 Å². The number of aliphatic hydroxyl groups is 2. The predicted molar refractivity (Wildman–Crippen MR) is 69.9 cm³/mol. The summed E-state index contributed by atoms with van der Waals surface area (Å²) in [4.78, 5) is 12.0. The van der Waals surface area contributed by atoms with E-state index in [0.29, 0.717) is 11.3 Å². The van der Waals surface area contributed by atoms with Crippen molar-refractivity contribution in [2.45, 2.75) is 6.10 Å². The van der Waals surface area contributed by atoms with Crippen LogP contribution in [-0.4, -0.2) is 22.8 Å². The maximum atomic E-state index is 12.0. The molecule has 0 amide bonds. The quantitative estimate of drug-likeness (QED) is 0.649. The minimum atomic E-state index is -1.10. The second-order valence-electron chi connectivity index (χ2n) is 3.99. The first-order chi connectivity index (χ1) is 9.22. The highest BCUT2D eigenvalue weighted by atomic mass is 16.5. The van der Waals surface area contributed by atoms with Crippen LogP contribution in [-0.2, 0) is 0 Å². The van der Waals surface area contributed by atoms with Crippen molar-refractivity contribution in [1.29, 1.82) is 0 Å². The van der Waals surface area contributed by atoms with Gasteiger partial charge in [0.05, 0.1) is 12.2 Å². The van der Waals surface area contributed by atoms with E-state index in [1.807, 2.05) is 6.07 Å². The van der Waals surface area contributed by atoms with Gasteiger partial charge < -0.3 is 14.9 Å². The molecule has 0 aliphatic carbocycles. The molecule has 0 fully saturated rings. The zero-order valence-electron chi connectivity index (χ0n) is 10.2. The number of rotatable bonds is 4. The Kier molecular flexibility index (Phi) is 4.28. The van der Waals surface area contributed by atoms with Gasteiger partial charge in [0.25, 0.3) is 0 Å². The first-order valence-electron chi connectivity index (χ1n) is 5.87. The Morgan fingerprint density at radius 2 is 1.68 bits per heavy atom. The van der Waals surface area contributed by atoms with Gasteiger partial charge in [-0.2, -0.15) is 0 Å². The Morgan fingerprint density at radius 3 is 2.37 bits per heavy atom. The largest absolute Gasteiger partial charge is 0.423 e. The van der Waals surface area contributed by atoms with Crippen molar-refractivity contribution in [1.82, 2.24) is 0 Å². The molecule has 0 spiro atoms. The molecular formula is C15H14O4. The number of hydrogen-bond acceptors (Lipinski definition) is 4. The number of benzene rings is 2. The van der Waals surface area contributed by atoms with Crippen LogP contribution in [0, 0.1) is 0 Å². The Bertz CT molecular complexity index is 551. The highest BCUT2D eigenvalue weighted by Crippen LogP contribution is 2.20. The average molecular weight is 258 g/mol.